The highest BCUT2D eigenvalue weighted by molar-refractivity contribution is 7.81. The fourth-order valence-electron chi connectivity index (χ4n) is 3.87. The van der Waals surface area contributed by atoms with Crippen molar-refractivity contribution >= 4 is 28.6 Å². The van der Waals surface area contributed by atoms with Crippen molar-refractivity contribution in [3.8, 4) is 0 Å². The lowest BCUT2D eigenvalue weighted by Gasteiger charge is -2.32. The van der Waals surface area contributed by atoms with Crippen LogP contribution >= 0.6 is 12.2 Å². The average molecular weight is 323 g/mol. The standard InChI is InChI=1S/C19H21N3S/c20-19(15-4-1-2-6-18(15)23)21-14-8-7-13-9-11-22-10-3-5-17(22)16(13)12-14/h1-2,4,7-8,12,17H,3,5-6,9-11H2,(H2,20,21). The van der Waals surface area contributed by atoms with E-state index in [1.807, 2.05) is 18.2 Å². The largest absolute Gasteiger partial charge is 0.383 e. The van der Waals surface area contributed by atoms with Crippen LogP contribution in [0.15, 0.2) is 47.0 Å². The smallest absolute Gasteiger partial charge is 0.132 e. The normalized spacial score (nSPS) is 24.3. The number of hydrogen-bond donors (Lipinski definition) is 1. The first-order valence-electron chi connectivity index (χ1n) is 8.34. The van der Waals surface area contributed by atoms with E-state index in [0.29, 0.717) is 11.9 Å². The van der Waals surface area contributed by atoms with Crippen LogP contribution in [0.5, 0.6) is 0 Å². The Labute approximate surface area is 142 Å². The van der Waals surface area contributed by atoms with Gasteiger partial charge in [0.05, 0.1) is 5.69 Å². The molecule has 3 nitrogen and oxygen atoms in total. The number of rotatable bonds is 2. The molecule has 4 heteroatoms. The molecule has 0 bridgehead atoms. The van der Waals surface area contributed by atoms with Crippen molar-refractivity contribution in [3.63, 3.8) is 0 Å². The minimum absolute atomic E-state index is 0.526. The molecule has 0 radical (unpaired) electrons. The summed E-state index contributed by atoms with van der Waals surface area (Å²) in [5.74, 6) is 0.526. The fraction of sp³-hybridized carbons (Fsp3) is 0.368. The van der Waals surface area contributed by atoms with Crippen LogP contribution in [0.2, 0.25) is 0 Å². The van der Waals surface area contributed by atoms with Gasteiger partial charge in [-0.25, -0.2) is 4.99 Å². The van der Waals surface area contributed by atoms with Gasteiger partial charge in [-0.2, -0.15) is 0 Å². The molecule has 4 rings (SSSR count). The first-order chi connectivity index (χ1) is 11.2. The second kappa shape index (κ2) is 6.02. The number of aliphatic imine (C=N–C) groups is 1. The lowest BCUT2D eigenvalue weighted by Crippen LogP contribution is -2.30. The summed E-state index contributed by atoms with van der Waals surface area (Å²) in [6.45, 7) is 2.42. The highest BCUT2D eigenvalue weighted by Gasteiger charge is 2.31. The van der Waals surface area contributed by atoms with Gasteiger partial charge in [0.2, 0.25) is 0 Å². The molecule has 3 aliphatic rings. The Bertz CT molecular complexity index is 745. The number of nitrogens with two attached hydrogens (primary N) is 1. The summed E-state index contributed by atoms with van der Waals surface area (Å²) in [5.41, 5.74) is 11.0. The number of nitrogens with zero attached hydrogens (tertiary/aromatic N) is 2. The molecule has 0 aromatic heterocycles. The molecule has 0 spiro atoms. The lowest BCUT2D eigenvalue weighted by molar-refractivity contribution is 0.244. The molecule has 23 heavy (non-hydrogen) atoms. The van der Waals surface area contributed by atoms with E-state index in [1.54, 1.807) is 0 Å². The Kier molecular flexibility index (Phi) is 3.87. The Morgan fingerprint density at radius 2 is 2.22 bits per heavy atom. The average Bonchev–Trinajstić information content (AvgIpc) is 3.04. The van der Waals surface area contributed by atoms with E-state index in [9.17, 15) is 0 Å². The van der Waals surface area contributed by atoms with Crippen LogP contribution in [-0.2, 0) is 6.42 Å². The Hall–Kier alpha value is -1.78. The summed E-state index contributed by atoms with van der Waals surface area (Å²) in [6, 6.07) is 7.11. The minimum atomic E-state index is 0.526. The summed E-state index contributed by atoms with van der Waals surface area (Å²) < 4.78 is 0. The van der Waals surface area contributed by atoms with E-state index in [4.69, 9.17) is 18.0 Å². The third-order valence-corrected chi connectivity index (χ3v) is 5.44. The topological polar surface area (TPSA) is 41.6 Å². The predicted molar refractivity (Wildman–Crippen MR) is 99.4 cm³/mol. The van der Waals surface area contributed by atoms with Gasteiger partial charge in [-0.3, -0.25) is 4.90 Å². The SMILES string of the molecule is NC(=Nc1ccc2c(c1)C1CCCN1CC2)C1=CC=CCC1=S. The number of thiocarbonyl (C=S) groups is 1. The Morgan fingerprint density at radius 1 is 1.30 bits per heavy atom. The van der Waals surface area contributed by atoms with Gasteiger partial charge in [0, 0.05) is 29.4 Å². The molecule has 118 valence electrons. The third-order valence-electron chi connectivity index (χ3n) is 5.05. The highest BCUT2D eigenvalue weighted by atomic mass is 32.1. The fourth-order valence-corrected chi connectivity index (χ4v) is 4.14. The van der Waals surface area contributed by atoms with Crippen molar-refractivity contribution in [1.82, 2.24) is 4.90 Å². The molecule has 2 aliphatic heterocycles. The molecule has 0 saturated carbocycles. The second-order valence-corrected chi connectivity index (χ2v) is 6.95. The van der Waals surface area contributed by atoms with Crippen molar-refractivity contribution in [2.45, 2.75) is 31.7 Å². The third kappa shape index (κ3) is 2.77. The first kappa shape index (κ1) is 14.8. The molecular formula is C19H21N3S. The molecule has 1 unspecified atom stereocenters. The van der Waals surface area contributed by atoms with Crippen molar-refractivity contribution < 1.29 is 0 Å². The van der Waals surface area contributed by atoms with Crippen LogP contribution in [0, 0.1) is 0 Å². The number of hydrogen-bond acceptors (Lipinski definition) is 3. The number of amidine groups is 1. The predicted octanol–water partition coefficient (Wildman–Crippen LogP) is 3.62. The maximum atomic E-state index is 6.20. The number of fused-ring (bicyclic) bond motifs is 3. The molecule has 1 aromatic carbocycles. The molecule has 1 fully saturated rings. The quantitative estimate of drug-likeness (QED) is 0.513. The summed E-state index contributed by atoms with van der Waals surface area (Å²) in [6.07, 6.45) is 10.5. The maximum Gasteiger partial charge on any atom is 0.132 e. The van der Waals surface area contributed by atoms with E-state index in [-0.39, 0.29) is 0 Å². The minimum Gasteiger partial charge on any atom is -0.383 e. The van der Waals surface area contributed by atoms with Crippen molar-refractivity contribution in [2.75, 3.05) is 13.1 Å². The van der Waals surface area contributed by atoms with Crippen molar-refractivity contribution in [2.24, 2.45) is 10.7 Å². The molecule has 1 aromatic rings. The second-order valence-electron chi connectivity index (χ2n) is 6.46. The zero-order valence-electron chi connectivity index (χ0n) is 13.2. The molecule has 1 saturated heterocycles. The van der Waals surface area contributed by atoms with Gasteiger partial charge in [-0.15, -0.1) is 0 Å². The Balaban J connectivity index is 1.67. The van der Waals surface area contributed by atoms with Crippen LogP contribution in [0.4, 0.5) is 5.69 Å². The summed E-state index contributed by atoms with van der Waals surface area (Å²) in [4.78, 5) is 8.11. The summed E-state index contributed by atoms with van der Waals surface area (Å²) in [5, 5.41) is 0. The van der Waals surface area contributed by atoms with E-state index >= 15 is 0 Å². The monoisotopic (exact) mass is 323 g/mol. The highest BCUT2D eigenvalue weighted by Crippen LogP contribution is 2.39. The van der Waals surface area contributed by atoms with E-state index in [1.165, 1.54) is 37.1 Å². The molecular weight excluding hydrogens is 302 g/mol. The van der Waals surface area contributed by atoms with Crippen LogP contribution in [0.25, 0.3) is 0 Å². The van der Waals surface area contributed by atoms with Crippen LogP contribution < -0.4 is 5.73 Å². The van der Waals surface area contributed by atoms with Crippen LogP contribution in [0.3, 0.4) is 0 Å². The van der Waals surface area contributed by atoms with Crippen LogP contribution in [0.1, 0.15) is 36.4 Å². The lowest BCUT2D eigenvalue weighted by atomic mass is 9.92. The van der Waals surface area contributed by atoms with Gasteiger partial charge >= 0.3 is 0 Å². The van der Waals surface area contributed by atoms with Gasteiger partial charge < -0.3 is 5.73 Å². The zero-order chi connectivity index (χ0) is 15.8. The molecule has 0 amide bonds. The van der Waals surface area contributed by atoms with E-state index in [2.05, 4.69) is 28.1 Å². The molecule has 2 heterocycles. The van der Waals surface area contributed by atoms with Gasteiger partial charge in [0.15, 0.2) is 0 Å². The first-order valence-corrected chi connectivity index (χ1v) is 8.74. The number of benzene rings is 1. The van der Waals surface area contributed by atoms with Crippen molar-refractivity contribution in [1.29, 1.82) is 0 Å². The summed E-state index contributed by atoms with van der Waals surface area (Å²) >= 11 is 5.39. The Morgan fingerprint density at radius 3 is 3.09 bits per heavy atom. The van der Waals surface area contributed by atoms with Crippen LogP contribution in [-0.4, -0.2) is 28.7 Å². The molecule has 2 N–H and O–H groups in total. The van der Waals surface area contributed by atoms with Gasteiger partial charge in [-0.05, 0) is 49.1 Å². The number of allylic oxidation sites excluding steroid dienone is 3. The van der Waals surface area contributed by atoms with Gasteiger partial charge in [0.1, 0.15) is 5.84 Å². The van der Waals surface area contributed by atoms with Gasteiger partial charge in [0.25, 0.3) is 0 Å². The van der Waals surface area contributed by atoms with E-state index < -0.39 is 0 Å². The zero-order valence-corrected chi connectivity index (χ0v) is 14.0. The van der Waals surface area contributed by atoms with Crippen molar-refractivity contribution in [3.05, 3.63) is 53.1 Å². The molecule has 1 atom stereocenters. The summed E-state index contributed by atoms with van der Waals surface area (Å²) in [7, 11) is 0. The van der Waals surface area contributed by atoms with E-state index in [0.717, 1.165) is 29.0 Å². The van der Waals surface area contributed by atoms with Gasteiger partial charge in [-0.1, -0.05) is 36.5 Å². The molecule has 1 aliphatic carbocycles. The maximum absolute atomic E-state index is 6.20.